The maximum atomic E-state index is 11.3. The zero-order valence-electron chi connectivity index (χ0n) is 6.91. The van der Waals surface area contributed by atoms with Crippen molar-refractivity contribution in [1.29, 1.82) is 0 Å². The van der Waals surface area contributed by atoms with Gasteiger partial charge in [-0.3, -0.25) is 9.69 Å². The van der Waals surface area contributed by atoms with Crippen molar-refractivity contribution < 1.29 is 9.59 Å². The van der Waals surface area contributed by atoms with E-state index in [-0.39, 0.29) is 11.8 Å². The molecule has 0 saturated carbocycles. The lowest BCUT2D eigenvalue weighted by Gasteiger charge is -2.12. The molecule has 0 aliphatic carbocycles. The van der Waals surface area contributed by atoms with Gasteiger partial charge < -0.3 is 4.79 Å². The maximum absolute atomic E-state index is 11.3. The number of carbonyl (C=O) groups is 2. The maximum Gasteiger partial charge on any atom is 0.159 e. The molecule has 0 N–H and O–H groups in total. The van der Waals surface area contributed by atoms with Gasteiger partial charge in [-0.1, -0.05) is 0 Å². The molecule has 0 bridgehead atoms. The highest BCUT2D eigenvalue weighted by Gasteiger charge is 2.31. The van der Waals surface area contributed by atoms with E-state index in [9.17, 15) is 9.59 Å². The molecule has 0 aromatic rings. The van der Waals surface area contributed by atoms with Crippen LogP contribution in [0, 0.1) is 5.92 Å². The van der Waals surface area contributed by atoms with Crippen LogP contribution in [-0.2, 0) is 9.59 Å². The third-order valence-corrected chi connectivity index (χ3v) is 2.09. The number of Topliss-reactive ketones (excluding diaryl/α,β-unsaturated/α-hetero) is 1. The van der Waals surface area contributed by atoms with Gasteiger partial charge in [-0.2, -0.15) is 0 Å². The number of aldehydes is 1. The average molecular weight is 155 g/mol. The Kier molecular flexibility index (Phi) is 2.39. The standard InChI is InChI=1S/C8H13NO2/c1-6(5-10)8(11)7(2)9-3-4-9/h5-7H,3-4H2,1-2H3. The molecule has 2 atom stereocenters. The fourth-order valence-corrected chi connectivity index (χ4v) is 1.07. The van der Waals surface area contributed by atoms with E-state index in [0.717, 1.165) is 13.1 Å². The van der Waals surface area contributed by atoms with E-state index in [0.29, 0.717) is 6.29 Å². The van der Waals surface area contributed by atoms with Gasteiger partial charge in [0.1, 0.15) is 6.29 Å². The first kappa shape index (κ1) is 8.40. The summed E-state index contributed by atoms with van der Waals surface area (Å²) < 4.78 is 0. The van der Waals surface area contributed by atoms with Crippen molar-refractivity contribution in [2.24, 2.45) is 5.92 Å². The van der Waals surface area contributed by atoms with Crippen molar-refractivity contribution in [2.75, 3.05) is 13.1 Å². The Morgan fingerprint density at radius 3 is 2.36 bits per heavy atom. The number of ketones is 1. The fourth-order valence-electron chi connectivity index (χ4n) is 1.07. The zero-order valence-corrected chi connectivity index (χ0v) is 6.91. The molecule has 1 rings (SSSR count). The van der Waals surface area contributed by atoms with Gasteiger partial charge >= 0.3 is 0 Å². The predicted molar refractivity (Wildman–Crippen MR) is 41.3 cm³/mol. The van der Waals surface area contributed by atoms with E-state index in [2.05, 4.69) is 0 Å². The lowest BCUT2D eigenvalue weighted by molar-refractivity contribution is -0.129. The second-order valence-corrected chi connectivity index (χ2v) is 3.04. The van der Waals surface area contributed by atoms with Crippen LogP contribution in [0.4, 0.5) is 0 Å². The summed E-state index contributed by atoms with van der Waals surface area (Å²) in [6, 6.07) is -0.0600. The van der Waals surface area contributed by atoms with Crippen LogP contribution in [0.15, 0.2) is 0 Å². The fraction of sp³-hybridized carbons (Fsp3) is 0.750. The zero-order chi connectivity index (χ0) is 8.43. The quantitative estimate of drug-likeness (QED) is 0.328. The molecular formula is C8H13NO2. The molecule has 0 radical (unpaired) electrons. The van der Waals surface area contributed by atoms with E-state index >= 15 is 0 Å². The summed E-state index contributed by atoms with van der Waals surface area (Å²) in [6.07, 6.45) is 0.711. The monoisotopic (exact) mass is 155 g/mol. The minimum absolute atomic E-state index is 0.0394. The smallest absolute Gasteiger partial charge is 0.159 e. The van der Waals surface area contributed by atoms with Crippen molar-refractivity contribution in [2.45, 2.75) is 19.9 Å². The Balaban J connectivity index is 2.44. The van der Waals surface area contributed by atoms with E-state index in [4.69, 9.17) is 0 Å². The Bertz CT molecular complexity index is 175. The highest BCUT2D eigenvalue weighted by atomic mass is 16.1. The summed E-state index contributed by atoms with van der Waals surface area (Å²) in [5.74, 6) is -0.400. The largest absolute Gasteiger partial charge is 0.303 e. The van der Waals surface area contributed by atoms with E-state index < -0.39 is 5.92 Å². The van der Waals surface area contributed by atoms with Crippen LogP contribution in [0.3, 0.4) is 0 Å². The van der Waals surface area contributed by atoms with E-state index in [1.54, 1.807) is 6.92 Å². The predicted octanol–water partition coefficient (Wildman–Crippen LogP) is 0.0946. The molecule has 0 aromatic heterocycles. The number of nitrogens with zero attached hydrogens (tertiary/aromatic N) is 1. The van der Waals surface area contributed by atoms with Crippen LogP contribution in [-0.4, -0.2) is 36.1 Å². The van der Waals surface area contributed by atoms with Gasteiger partial charge in [-0.25, -0.2) is 0 Å². The summed E-state index contributed by atoms with van der Waals surface area (Å²) in [4.78, 5) is 23.6. The first-order valence-electron chi connectivity index (χ1n) is 3.90. The normalized spacial score (nSPS) is 22.4. The molecule has 2 unspecified atom stereocenters. The Morgan fingerprint density at radius 1 is 1.45 bits per heavy atom. The molecule has 1 aliphatic heterocycles. The minimum Gasteiger partial charge on any atom is -0.303 e. The van der Waals surface area contributed by atoms with Crippen molar-refractivity contribution in [3.05, 3.63) is 0 Å². The van der Waals surface area contributed by atoms with Crippen molar-refractivity contribution in [1.82, 2.24) is 4.90 Å². The lowest BCUT2D eigenvalue weighted by Crippen LogP contribution is -2.31. The third kappa shape index (κ3) is 1.87. The molecular weight excluding hydrogens is 142 g/mol. The highest BCUT2D eigenvalue weighted by molar-refractivity contribution is 5.96. The van der Waals surface area contributed by atoms with E-state index in [1.807, 2.05) is 11.8 Å². The molecule has 1 aliphatic rings. The van der Waals surface area contributed by atoms with Gasteiger partial charge in [-0.05, 0) is 13.8 Å². The van der Waals surface area contributed by atoms with Crippen LogP contribution in [0.5, 0.6) is 0 Å². The molecule has 0 spiro atoms. The molecule has 1 fully saturated rings. The van der Waals surface area contributed by atoms with Gasteiger partial charge in [-0.15, -0.1) is 0 Å². The van der Waals surface area contributed by atoms with Gasteiger partial charge in [0.05, 0.1) is 12.0 Å². The molecule has 3 heteroatoms. The lowest BCUT2D eigenvalue weighted by atomic mass is 10.0. The third-order valence-electron chi connectivity index (χ3n) is 2.09. The molecule has 0 amide bonds. The second kappa shape index (κ2) is 3.13. The summed E-state index contributed by atoms with van der Waals surface area (Å²) in [6.45, 7) is 5.50. The van der Waals surface area contributed by atoms with Crippen LogP contribution in [0.25, 0.3) is 0 Å². The summed E-state index contributed by atoms with van der Waals surface area (Å²) in [5, 5.41) is 0. The number of hydrogen-bond acceptors (Lipinski definition) is 3. The number of rotatable bonds is 4. The van der Waals surface area contributed by atoms with Gasteiger partial charge in [0.25, 0.3) is 0 Å². The topological polar surface area (TPSA) is 37.1 Å². The van der Waals surface area contributed by atoms with Gasteiger partial charge in [0.2, 0.25) is 0 Å². The Morgan fingerprint density at radius 2 is 2.00 bits per heavy atom. The molecule has 11 heavy (non-hydrogen) atoms. The van der Waals surface area contributed by atoms with Crippen LogP contribution in [0.2, 0.25) is 0 Å². The van der Waals surface area contributed by atoms with E-state index in [1.165, 1.54) is 0 Å². The minimum atomic E-state index is -0.439. The first-order valence-corrected chi connectivity index (χ1v) is 3.90. The summed E-state index contributed by atoms with van der Waals surface area (Å²) >= 11 is 0. The highest BCUT2D eigenvalue weighted by Crippen LogP contribution is 2.13. The number of carbonyl (C=O) groups excluding carboxylic acids is 2. The number of hydrogen-bond donors (Lipinski definition) is 0. The average Bonchev–Trinajstić information content (AvgIpc) is 2.82. The SMILES string of the molecule is CC(C=O)C(=O)C(C)N1CC1. The second-order valence-electron chi connectivity index (χ2n) is 3.04. The van der Waals surface area contributed by atoms with Crippen molar-refractivity contribution in [3.63, 3.8) is 0 Å². The molecule has 1 saturated heterocycles. The molecule has 1 heterocycles. The van der Waals surface area contributed by atoms with Gasteiger partial charge in [0, 0.05) is 13.1 Å². The van der Waals surface area contributed by atoms with Crippen molar-refractivity contribution >= 4 is 12.1 Å². The van der Waals surface area contributed by atoms with Gasteiger partial charge in [0.15, 0.2) is 5.78 Å². The Hall–Kier alpha value is -0.700. The Labute approximate surface area is 66.4 Å². The van der Waals surface area contributed by atoms with Crippen molar-refractivity contribution in [3.8, 4) is 0 Å². The first-order chi connectivity index (χ1) is 5.16. The van der Waals surface area contributed by atoms with Crippen LogP contribution < -0.4 is 0 Å². The van der Waals surface area contributed by atoms with Crippen LogP contribution in [0.1, 0.15) is 13.8 Å². The molecule has 3 nitrogen and oxygen atoms in total. The van der Waals surface area contributed by atoms with Crippen LogP contribution >= 0.6 is 0 Å². The summed E-state index contributed by atoms with van der Waals surface area (Å²) in [5.41, 5.74) is 0. The molecule has 0 aromatic carbocycles. The molecule has 62 valence electrons. The summed E-state index contributed by atoms with van der Waals surface area (Å²) in [7, 11) is 0.